The second-order valence-corrected chi connectivity index (χ2v) is 5.81. The molecule has 1 aliphatic rings. The minimum Gasteiger partial charge on any atom is -0.342 e. The minimum atomic E-state index is -0.364. The van der Waals surface area contributed by atoms with Gasteiger partial charge in [0.25, 0.3) is 0 Å². The fourth-order valence-electron chi connectivity index (χ4n) is 2.97. The van der Waals surface area contributed by atoms with Crippen LogP contribution < -0.4 is 5.69 Å². The van der Waals surface area contributed by atoms with Crippen molar-refractivity contribution in [3.05, 3.63) is 64.1 Å². The number of likely N-dealkylation sites (tertiary alicyclic amines) is 1. The first-order valence-electron chi connectivity index (χ1n) is 7.69. The van der Waals surface area contributed by atoms with Gasteiger partial charge in [-0.2, -0.15) is 0 Å². The maximum atomic E-state index is 12.9. The third-order valence-corrected chi connectivity index (χ3v) is 4.18. The number of benzene rings is 1. The molecule has 0 unspecified atom stereocenters. The summed E-state index contributed by atoms with van der Waals surface area (Å²) in [4.78, 5) is 32.0. The average molecular weight is 315 g/mol. The van der Waals surface area contributed by atoms with Crippen LogP contribution in [0.2, 0.25) is 0 Å². The highest BCUT2D eigenvalue weighted by Crippen LogP contribution is 2.25. The van der Waals surface area contributed by atoms with Crippen LogP contribution in [0.3, 0.4) is 0 Å². The van der Waals surface area contributed by atoms with E-state index in [1.54, 1.807) is 18.2 Å². The number of nitrogens with zero attached hydrogens (tertiary/aromatic N) is 2. The van der Waals surface area contributed by atoms with Crippen LogP contribution >= 0.6 is 0 Å². The molecule has 1 N–H and O–H groups in total. The van der Waals surface area contributed by atoms with Gasteiger partial charge in [-0.15, -0.1) is 0 Å². The van der Waals surface area contributed by atoms with E-state index in [1.165, 1.54) is 18.3 Å². The summed E-state index contributed by atoms with van der Waals surface area (Å²) in [6.45, 7) is 1.30. The van der Waals surface area contributed by atoms with Crippen molar-refractivity contribution >= 4 is 5.91 Å². The highest BCUT2D eigenvalue weighted by Gasteiger charge is 2.25. The average Bonchev–Trinajstić information content (AvgIpc) is 2.57. The maximum Gasteiger partial charge on any atom is 0.345 e. The molecule has 0 aliphatic carbocycles. The molecule has 1 atom stereocenters. The molecule has 0 spiro atoms. The van der Waals surface area contributed by atoms with Crippen LogP contribution in [-0.4, -0.2) is 33.9 Å². The SMILES string of the molecule is O=C(Cc1ccc(F)cc1)N1CCC[C@@H](c2ccnc(=O)[nH]2)C1. The molecule has 1 aromatic heterocycles. The van der Waals surface area contributed by atoms with Gasteiger partial charge in [0, 0.05) is 30.9 Å². The van der Waals surface area contributed by atoms with Crippen molar-refractivity contribution in [1.29, 1.82) is 0 Å². The Bertz CT molecular complexity index is 742. The molecule has 6 heteroatoms. The Balaban J connectivity index is 1.67. The minimum absolute atomic E-state index is 0.0257. The number of carbonyl (C=O) groups is 1. The molecule has 2 heterocycles. The van der Waals surface area contributed by atoms with E-state index < -0.39 is 0 Å². The van der Waals surface area contributed by atoms with Gasteiger partial charge in [0.1, 0.15) is 5.82 Å². The molecule has 1 saturated heterocycles. The molecule has 5 nitrogen and oxygen atoms in total. The second-order valence-electron chi connectivity index (χ2n) is 5.81. The first-order valence-corrected chi connectivity index (χ1v) is 7.69. The zero-order valence-electron chi connectivity index (χ0n) is 12.7. The van der Waals surface area contributed by atoms with E-state index in [9.17, 15) is 14.0 Å². The lowest BCUT2D eigenvalue weighted by Gasteiger charge is -2.32. The van der Waals surface area contributed by atoms with Crippen LogP contribution in [0.4, 0.5) is 4.39 Å². The van der Waals surface area contributed by atoms with Crippen molar-refractivity contribution in [2.45, 2.75) is 25.2 Å². The molecule has 23 heavy (non-hydrogen) atoms. The molecule has 120 valence electrons. The van der Waals surface area contributed by atoms with Crippen LogP contribution in [0, 0.1) is 5.82 Å². The summed E-state index contributed by atoms with van der Waals surface area (Å²) in [7, 11) is 0. The van der Waals surface area contributed by atoms with E-state index in [0.29, 0.717) is 13.1 Å². The molecule has 1 aromatic carbocycles. The summed E-state index contributed by atoms with van der Waals surface area (Å²) in [5, 5.41) is 0. The van der Waals surface area contributed by atoms with E-state index in [-0.39, 0.29) is 29.8 Å². The van der Waals surface area contributed by atoms with Gasteiger partial charge in [-0.05, 0) is 36.6 Å². The second kappa shape index (κ2) is 6.73. The number of carbonyl (C=O) groups excluding carboxylic acids is 1. The van der Waals surface area contributed by atoms with Crippen LogP contribution in [-0.2, 0) is 11.2 Å². The van der Waals surface area contributed by atoms with Crippen LogP contribution in [0.25, 0.3) is 0 Å². The Labute approximate surface area is 133 Å². The number of aromatic amines is 1. The van der Waals surface area contributed by atoms with Crippen LogP contribution in [0.1, 0.15) is 30.0 Å². The van der Waals surface area contributed by atoms with Gasteiger partial charge in [0.2, 0.25) is 5.91 Å². The zero-order valence-corrected chi connectivity index (χ0v) is 12.7. The molecule has 0 saturated carbocycles. The third-order valence-electron chi connectivity index (χ3n) is 4.18. The molecule has 2 aromatic rings. The summed E-state index contributed by atoms with van der Waals surface area (Å²) in [5.41, 5.74) is 1.26. The molecule has 1 aliphatic heterocycles. The molecule has 1 fully saturated rings. The Hall–Kier alpha value is -2.50. The van der Waals surface area contributed by atoms with E-state index in [0.717, 1.165) is 24.1 Å². The van der Waals surface area contributed by atoms with Crippen LogP contribution in [0.5, 0.6) is 0 Å². The predicted octanol–water partition coefficient (Wildman–Crippen LogP) is 1.86. The van der Waals surface area contributed by atoms with Crippen molar-refractivity contribution in [2.24, 2.45) is 0 Å². The number of amides is 1. The highest BCUT2D eigenvalue weighted by atomic mass is 19.1. The smallest absolute Gasteiger partial charge is 0.342 e. The number of nitrogens with one attached hydrogen (secondary N) is 1. The lowest BCUT2D eigenvalue weighted by atomic mass is 9.94. The van der Waals surface area contributed by atoms with E-state index >= 15 is 0 Å². The standard InChI is InChI=1S/C17H18FN3O2/c18-14-5-3-12(4-6-14)10-16(22)21-9-1-2-13(11-21)15-7-8-19-17(23)20-15/h3-8,13H,1-2,9-11H2,(H,19,20,23)/t13-/m1/s1. The van der Waals surface area contributed by atoms with Gasteiger partial charge in [0.05, 0.1) is 6.42 Å². The summed E-state index contributed by atoms with van der Waals surface area (Å²) in [6, 6.07) is 7.79. The fourth-order valence-corrected chi connectivity index (χ4v) is 2.97. The fraction of sp³-hybridized carbons (Fsp3) is 0.353. The van der Waals surface area contributed by atoms with Gasteiger partial charge in [0.15, 0.2) is 0 Å². The Morgan fingerprint density at radius 1 is 1.30 bits per heavy atom. The van der Waals surface area contributed by atoms with Gasteiger partial charge >= 0.3 is 5.69 Å². The lowest BCUT2D eigenvalue weighted by Crippen LogP contribution is -2.40. The van der Waals surface area contributed by atoms with Gasteiger partial charge < -0.3 is 9.88 Å². The molecule has 0 bridgehead atoms. The maximum absolute atomic E-state index is 12.9. The zero-order chi connectivity index (χ0) is 16.2. The monoisotopic (exact) mass is 315 g/mol. The largest absolute Gasteiger partial charge is 0.345 e. The molecule has 3 rings (SSSR count). The Kier molecular flexibility index (Phi) is 4.50. The Morgan fingerprint density at radius 2 is 2.09 bits per heavy atom. The summed E-state index contributed by atoms with van der Waals surface area (Å²) in [6.07, 6.45) is 3.58. The predicted molar refractivity (Wildman–Crippen MR) is 83.5 cm³/mol. The Morgan fingerprint density at radius 3 is 2.83 bits per heavy atom. The van der Waals surface area contributed by atoms with Crippen LogP contribution in [0.15, 0.2) is 41.3 Å². The number of hydrogen-bond acceptors (Lipinski definition) is 3. The van der Waals surface area contributed by atoms with Gasteiger partial charge in [-0.1, -0.05) is 12.1 Å². The van der Waals surface area contributed by atoms with Crippen molar-refractivity contribution in [3.8, 4) is 0 Å². The van der Waals surface area contributed by atoms with Gasteiger partial charge in [-0.25, -0.2) is 14.2 Å². The normalized spacial score (nSPS) is 18.0. The molecular weight excluding hydrogens is 297 g/mol. The van der Waals surface area contributed by atoms with Crippen molar-refractivity contribution in [2.75, 3.05) is 13.1 Å². The van der Waals surface area contributed by atoms with Crippen molar-refractivity contribution in [1.82, 2.24) is 14.9 Å². The highest BCUT2D eigenvalue weighted by molar-refractivity contribution is 5.79. The summed E-state index contributed by atoms with van der Waals surface area (Å²) in [5.74, 6) is -0.157. The molecular formula is C17H18FN3O2. The molecule has 0 radical (unpaired) electrons. The number of hydrogen-bond donors (Lipinski definition) is 1. The number of halogens is 1. The van der Waals surface area contributed by atoms with E-state index in [4.69, 9.17) is 0 Å². The van der Waals surface area contributed by atoms with Gasteiger partial charge in [-0.3, -0.25) is 4.79 Å². The first kappa shape index (κ1) is 15.4. The lowest BCUT2D eigenvalue weighted by molar-refractivity contribution is -0.131. The number of piperidine rings is 1. The third kappa shape index (κ3) is 3.83. The quantitative estimate of drug-likeness (QED) is 0.940. The van der Waals surface area contributed by atoms with E-state index in [1.807, 2.05) is 4.90 Å². The molecule has 1 amide bonds. The number of H-pyrrole nitrogens is 1. The summed E-state index contributed by atoms with van der Waals surface area (Å²) >= 11 is 0. The topological polar surface area (TPSA) is 66.1 Å². The summed E-state index contributed by atoms with van der Waals surface area (Å²) < 4.78 is 12.9. The van der Waals surface area contributed by atoms with E-state index in [2.05, 4.69) is 9.97 Å². The first-order chi connectivity index (χ1) is 11.1. The van der Waals surface area contributed by atoms with Crippen molar-refractivity contribution in [3.63, 3.8) is 0 Å². The van der Waals surface area contributed by atoms with Crippen molar-refractivity contribution < 1.29 is 9.18 Å². The number of rotatable bonds is 3. The number of aromatic nitrogens is 2.